The van der Waals surface area contributed by atoms with Gasteiger partial charge in [0.2, 0.25) is 0 Å². The van der Waals surface area contributed by atoms with Crippen molar-refractivity contribution in [2.45, 2.75) is 19.8 Å². The zero-order valence-corrected chi connectivity index (χ0v) is 14.8. The molecule has 1 aromatic carbocycles. The number of carboxylic acids is 1. The van der Waals surface area contributed by atoms with Crippen LogP contribution in [0.15, 0.2) is 24.3 Å². The average molecular weight is 352 g/mol. The number of aryl methyl sites for hydroxylation is 1. The fourth-order valence-electron chi connectivity index (χ4n) is 2.96. The fourth-order valence-corrected chi connectivity index (χ4v) is 5.49. The largest absolute Gasteiger partial charge is 0.481 e. The van der Waals surface area contributed by atoms with Crippen LogP contribution in [0.25, 0.3) is 10.1 Å². The molecule has 0 spiro atoms. The molecule has 1 aliphatic heterocycles. The summed E-state index contributed by atoms with van der Waals surface area (Å²) in [5.41, 5.74) is 1.14. The normalized spacial score (nSPS) is 18.2. The Bertz CT molecular complexity index is 751. The Morgan fingerprint density at radius 3 is 2.61 bits per heavy atom. The monoisotopic (exact) mass is 352 g/mol. The first-order chi connectivity index (χ1) is 11.0. The molecular weight excluding hydrogens is 332 g/mol. The van der Waals surface area contributed by atoms with E-state index in [1.54, 1.807) is 15.6 Å². The lowest BCUT2D eigenvalue weighted by Gasteiger charge is -2.31. The van der Waals surface area contributed by atoms with Crippen LogP contribution in [-0.4, -0.2) is 39.7 Å². The quantitative estimate of drug-likeness (QED) is 0.920. The molecule has 1 aromatic heterocycles. The van der Waals surface area contributed by atoms with E-state index in [1.165, 1.54) is 10.1 Å². The zero-order valence-electron chi connectivity index (χ0n) is 13.2. The number of anilines is 1. The van der Waals surface area contributed by atoms with Crippen LogP contribution in [0.1, 0.15) is 18.4 Å². The summed E-state index contributed by atoms with van der Waals surface area (Å²) in [5.74, 6) is -1.05. The molecule has 5 nitrogen and oxygen atoms in total. The number of benzene rings is 1. The Kier molecular flexibility index (Phi) is 4.70. The number of hydrogen-bond donors (Lipinski definition) is 1. The summed E-state index contributed by atoms with van der Waals surface area (Å²) in [4.78, 5) is 11.0. The van der Waals surface area contributed by atoms with E-state index < -0.39 is 17.1 Å². The van der Waals surface area contributed by atoms with Crippen LogP contribution in [-0.2, 0) is 16.0 Å². The lowest BCUT2D eigenvalue weighted by atomic mass is 9.99. The van der Waals surface area contributed by atoms with E-state index >= 15 is 0 Å². The van der Waals surface area contributed by atoms with E-state index in [0.29, 0.717) is 25.9 Å². The van der Waals surface area contributed by atoms with Crippen molar-refractivity contribution in [1.29, 1.82) is 0 Å². The van der Waals surface area contributed by atoms with E-state index in [-0.39, 0.29) is 5.92 Å². The maximum Gasteiger partial charge on any atom is 0.306 e. The minimum Gasteiger partial charge on any atom is -0.481 e. The topological polar surface area (TPSA) is 60.9 Å². The Morgan fingerprint density at radius 1 is 1.35 bits per heavy atom. The van der Waals surface area contributed by atoms with Crippen LogP contribution in [0.3, 0.4) is 0 Å². The molecule has 3 rings (SSSR count). The number of hydrogen-bond acceptors (Lipinski definition) is 3. The summed E-state index contributed by atoms with van der Waals surface area (Å²) in [6.07, 6.45) is 1.11. The summed E-state index contributed by atoms with van der Waals surface area (Å²) in [6.45, 7) is 3.16. The number of carboxylic acid groups (broad SMARTS) is 1. The van der Waals surface area contributed by atoms with E-state index in [0.717, 1.165) is 10.6 Å². The predicted octanol–water partition coefficient (Wildman–Crippen LogP) is 3.02. The van der Waals surface area contributed by atoms with Crippen LogP contribution in [0, 0.1) is 12.8 Å². The van der Waals surface area contributed by atoms with Crippen molar-refractivity contribution < 1.29 is 14.1 Å². The second-order valence-electron chi connectivity index (χ2n) is 5.80. The summed E-state index contributed by atoms with van der Waals surface area (Å²) in [7, 11) is 1.84. The number of piperidine rings is 1. The first kappa shape index (κ1) is 16.4. The Balaban J connectivity index is 1.77. The SMILES string of the molecule is Cc1c(N(C)S(=O)N2CCC(C(=O)O)CC2)sc2ccccc12. The lowest BCUT2D eigenvalue weighted by molar-refractivity contribution is -0.142. The van der Waals surface area contributed by atoms with Crippen LogP contribution < -0.4 is 4.31 Å². The van der Waals surface area contributed by atoms with Crippen LogP contribution >= 0.6 is 11.3 Å². The smallest absolute Gasteiger partial charge is 0.306 e. The summed E-state index contributed by atoms with van der Waals surface area (Å²) < 4.78 is 17.7. The second kappa shape index (κ2) is 6.59. The van der Waals surface area contributed by atoms with E-state index in [4.69, 9.17) is 5.11 Å². The molecule has 7 heteroatoms. The molecule has 2 aromatic rings. The molecule has 1 unspecified atom stereocenters. The van der Waals surface area contributed by atoms with Gasteiger partial charge >= 0.3 is 5.97 Å². The van der Waals surface area contributed by atoms with Gasteiger partial charge in [-0.3, -0.25) is 9.10 Å². The molecule has 0 saturated carbocycles. The van der Waals surface area contributed by atoms with Crippen molar-refractivity contribution in [1.82, 2.24) is 4.31 Å². The van der Waals surface area contributed by atoms with Gasteiger partial charge in [0.05, 0.1) is 5.92 Å². The van der Waals surface area contributed by atoms with Gasteiger partial charge in [0.25, 0.3) is 0 Å². The third-order valence-electron chi connectivity index (χ3n) is 4.36. The highest BCUT2D eigenvalue weighted by atomic mass is 32.2. The Labute approximate surface area is 142 Å². The van der Waals surface area contributed by atoms with E-state index in [9.17, 15) is 9.00 Å². The maximum atomic E-state index is 12.8. The van der Waals surface area contributed by atoms with Crippen molar-refractivity contribution in [3.63, 3.8) is 0 Å². The molecule has 1 fully saturated rings. The molecule has 23 heavy (non-hydrogen) atoms. The summed E-state index contributed by atoms with van der Waals surface area (Å²) in [6, 6.07) is 8.18. The second-order valence-corrected chi connectivity index (χ2v) is 8.35. The number of thiophene rings is 1. The molecule has 0 radical (unpaired) electrons. The van der Waals surface area contributed by atoms with Gasteiger partial charge in [-0.05, 0) is 36.8 Å². The molecule has 124 valence electrons. The first-order valence-electron chi connectivity index (χ1n) is 7.60. The van der Waals surface area contributed by atoms with Crippen molar-refractivity contribution >= 4 is 43.6 Å². The van der Waals surface area contributed by atoms with Gasteiger partial charge < -0.3 is 5.11 Å². The van der Waals surface area contributed by atoms with Crippen LogP contribution in [0.5, 0.6) is 0 Å². The lowest BCUT2D eigenvalue weighted by Crippen LogP contribution is -2.42. The van der Waals surface area contributed by atoms with E-state index in [2.05, 4.69) is 19.1 Å². The number of aliphatic carboxylic acids is 1. The minimum absolute atomic E-state index is 0.306. The van der Waals surface area contributed by atoms with Gasteiger partial charge in [-0.25, -0.2) is 8.51 Å². The van der Waals surface area contributed by atoms with Crippen molar-refractivity contribution in [3.8, 4) is 0 Å². The number of rotatable bonds is 4. The van der Waals surface area contributed by atoms with Gasteiger partial charge in [0.15, 0.2) is 11.2 Å². The molecular formula is C16H20N2O3S2. The van der Waals surface area contributed by atoms with Gasteiger partial charge in [0, 0.05) is 24.8 Å². The standard InChI is InChI=1S/C16H20N2O3S2/c1-11-13-5-3-4-6-14(13)22-15(11)17(2)23(21)18-9-7-12(8-10-18)16(19)20/h3-6,12H,7-10H2,1-2H3,(H,19,20). The fraction of sp³-hybridized carbons (Fsp3) is 0.438. The van der Waals surface area contributed by atoms with Crippen LogP contribution in [0.4, 0.5) is 5.00 Å². The molecule has 1 saturated heterocycles. The highest BCUT2D eigenvalue weighted by molar-refractivity contribution is 7.84. The maximum absolute atomic E-state index is 12.8. The first-order valence-corrected chi connectivity index (χ1v) is 9.48. The van der Waals surface area contributed by atoms with Crippen molar-refractivity contribution in [3.05, 3.63) is 29.8 Å². The van der Waals surface area contributed by atoms with Crippen molar-refractivity contribution in [2.75, 3.05) is 24.4 Å². The summed E-state index contributed by atoms with van der Waals surface area (Å²) >= 11 is 0.359. The van der Waals surface area contributed by atoms with Gasteiger partial charge in [-0.2, -0.15) is 0 Å². The number of carbonyl (C=O) groups is 1. The molecule has 0 aliphatic carbocycles. The molecule has 0 amide bonds. The molecule has 1 N–H and O–H groups in total. The van der Waals surface area contributed by atoms with Gasteiger partial charge in [-0.15, -0.1) is 11.3 Å². The van der Waals surface area contributed by atoms with Gasteiger partial charge in [0.1, 0.15) is 5.00 Å². The molecule has 1 atom stereocenters. The van der Waals surface area contributed by atoms with E-state index in [1.807, 2.05) is 23.5 Å². The van der Waals surface area contributed by atoms with Crippen LogP contribution in [0.2, 0.25) is 0 Å². The van der Waals surface area contributed by atoms with Crippen molar-refractivity contribution in [2.24, 2.45) is 5.92 Å². The number of nitrogens with zero attached hydrogens (tertiary/aromatic N) is 2. The minimum atomic E-state index is -1.28. The average Bonchev–Trinajstić information content (AvgIpc) is 2.91. The zero-order chi connectivity index (χ0) is 16.6. The highest BCUT2D eigenvalue weighted by Crippen LogP contribution is 2.38. The van der Waals surface area contributed by atoms with Gasteiger partial charge in [-0.1, -0.05) is 18.2 Å². The third kappa shape index (κ3) is 3.13. The molecule has 2 heterocycles. The number of fused-ring (bicyclic) bond motifs is 1. The predicted molar refractivity (Wildman–Crippen MR) is 95.0 cm³/mol. The molecule has 1 aliphatic rings. The Hall–Kier alpha value is -1.44. The molecule has 0 bridgehead atoms. The highest BCUT2D eigenvalue weighted by Gasteiger charge is 2.29. The Morgan fingerprint density at radius 2 is 2.00 bits per heavy atom. The summed E-state index contributed by atoms with van der Waals surface area (Å²) in [5, 5.41) is 11.3. The third-order valence-corrected chi connectivity index (χ3v) is 7.29.